The highest BCUT2D eigenvalue weighted by Crippen LogP contribution is 2.25. The molecule has 2 aromatic rings. The van der Waals surface area contributed by atoms with E-state index in [4.69, 9.17) is 9.68 Å². The molecule has 6 nitrogen and oxygen atoms in total. The van der Waals surface area contributed by atoms with E-state index in [-0.39, 0.29) is 17.3 Å². The molecule has 6 heteroatoms. The number of non-ortho nitro benzene ring substituents is 1. The lowest BCUT2D eigenvalue weighted by molar-refractivity contribution is -0.384. The third kappa shape index (κ3) is 2.72. The lowest BCUT2D eigenvalue weighted by atomic mass is 10.1. The van der Waals surface area contributed by atoms with E-state index < -0.39 is 4.92 Å². The number of nitriles is 1. The molecule has 0 saturated heterocycles. The first-order valence-electron chi connectivity index (χ1n) is 5.60. The minimum atomic E-state index is -0.527. The van der Waals surface area contributed by atoms with Gasteiger partial charge in [0.2, 0.25) is 0 Å². The van der Waals surface area contributed by atoms with E-state index in [0.717, 1.165) is 5.76 Å². The molecule has 19 heavy (non-hydrogen) atoms. The van der Waals surface area contributed by atoms with E-state index in [1.54, 1.807) is 12.3 Å². The fourth-order valence-corrected chi connectivity index (χ4v) is 1.71. The SMILES string of the molecule is CC(Nc1ccc([N+](=O)[O-])cc1C#N)c1ccco1. The zero-order valence-electron chi connectivity index (χ0n) is 10.2. The van der Waals surface area contributed by atoms with Gasteiger partial charge in [-0.05, 0) is 25.1 Å². The molecule has 0 aliphatic rings. The van der Waals surface area contributed by atoms with E-state index in [2.05, 4.69) is 5.32 Å². The monoisotopic (exact) mass is 257 g/mol. The molecule has 1 N–H and O–H groups in total. The van der Waals surface area contributed by atoms with Gasteiger partial charge in [0.1, 0.15) is 11.8 Å². The molecular formula is C13H11N3O3. The molecule has 1 aromatic carbocycles. The zero-order chi connectivity index (χ0) is 13.8. The summed E-state index contributed by atoms with van der Waals surface area (Å²) in [6, 6.07) is 9.53. The molecule has 0 fully saturated rings. The van der Waals surface area contributed by atoms with E-state index in [1.807, 2.05) is 19.1 Å². The fourth-order valence-electron chi connectivity index (χ4n) is 1.71. The Morgan fingerprint density at radius 3 is 2.84 bits per heavy atom. The molecule has 0 amide bonds. The predicted octanol–water partition coefficient (Wildman–Crippen LogP) is 3.23. The molecule has 1 atom stereocenters. The number of anilines is 1. The molecule has 1 aromatic heterocycles. The molecule has 1 unspecified atom stereocenters. The van der Waals surface area contributed by atoms with Crippen molar-refractivity contribution >= 4 is 11.4 Å². The maximum atomic E-state index is 10.7. The van der Waals surface area contributed by atoms with E-state index in [1.165, 1.54) is 18.2 Å². The van der Waals surface area contributed by atoms with Gasteiger partial charge in [0.25, 0.3) is 5.69 Å². The number of nitrogens with one attached hydrogen (secondary N) is 1. The van der Waals surface area contributed by atoms with Crippen molar-refractivity contribution in [3.8, 4) is 6.07 Å². The van der Waals surface area contributed by atoms with Crippen molar-refractivity contribution < 1.29 is 9.34 Å². The Hall–Kier alpha value is -2.81. The molecule has 0 aliphatic carbocycles. The van der Waals surface area contributed by atoms with E-state index >= 15 is 0 Å². The van der Waals surface area contributed by atoms with Gasteiger partial charge in [-0.25, -0.2) is 0 Å². The van der Waals surface area contributed by atoms with Crippen LogP contribution in [-0.4, -0.2) is 4.92 Å². The first-order valence-corrected chi connectivity index (χ1v) is 5.60. The maximum absolute atomic E-state index is 10.7. The number of nitro benzene ring substituents is 1. The third-order valence-corrected chi connectivity index (χ3v) is 2.68. The van der Waals surface area contributed by atoms with Crippen molar-refractivity contribution in [2.75, 3.05) is 5.32 Å². The van der Waals surface area contributed by atoms with Crippen molar-refractivity contribution in [1.29, 1.82) is 5.26 Å². The van der Waals surface area contributed by atoms with Crippen molar-refractivity contribution in [3.63, 3.8) is 0 Å². The van der Waals surface area contributed by atoms with Gasteiger partial charge in [-0.2, -0.15) is 5.26 Å². The largest absolute Gasteiger partial charge is 0.467 e. The first-order chi connectivity index (χ1) is 9.11. The molecule has 1 heterocycles. The second-order valence-electron chi connectivity index (χ2n) is 3.98. The van der Waals surface area contributed by atoms with Crippen molar-refractivity contribution in [1.82, 2.24) is 0 Å². The van der Waals surface area contributed by atoms with Gasteiger partial charge in [0.15, 0.2) is 0 Å². The second-order valence-corrected chi connectivity index (χ2v) is 3.98. The highest BCUT2D eigenvalue weighted by molar-refractivity contribution is 5.61. The Balaban J connectivity index is 2.26. The summed E-state index contributed by atoms with van der Waals surface area (Å²) in [6.07, 6.45) is 1.56. The van der Waals surface area contributed by atoms with E-state index in [0.29, 0.717) is 5.69 Å². The summed E-state index contributed by atoms with van der Waals surface area (Å²) in [5.41, 5.74) is 0.664. The number of furan rings is 1. The summed E-state index contributed by atoms with van der Waals surface area (Å²) in [6.45, 7) is 1.88. The smallest absolute Gasteiger partial charge is 0.270 e. The molecular weight excluding hydrogens is 246 g/mol. The maximum Gasteiger partial charge on any atom is 0.270 e. The highest BCUT2D eigenvalue weighted by Gasteiger charge is 2.14. The van der Waals surface area contributed by atoms with Crippen LogP contribution in [0.3, 0.4) is 0 Å². The molecule has 96 valence electrons. The number of hydrogen-bond acceptors (Lipinski definition) is 5. The minimum Gasteiger partial charge on any atom is -0.467 e. The summed E-state index contributed by atoms with van der Waals surface area (Å²) in [7, 11) is 0. The Labute approximate surface area is 109 Å². The van der Waals surface area contributed by atoms with E-state index in [9.17, 15) is 10.1 Å². The van der Waals surface area contributed by atoms with Crippen LogP contribution in [-0.2, 0) is 0 Å². The third-order valence-electron chi connectivity index (χ3n) is 2.68. The lowest BCUT2D eigenvalue weighted by Gasteiger charge is -2.13. The molecule has 2 rings (SSSR count). The minimum absolute atomic E-state index is 0.104. The molecule has 0 radical (unpaired) electrons. The van der Waals surface area contributed by atoms with Crippen LogP contribution in [0.25, 0.3) is 0 Å². The van der Waals surface area contributed by atoms with Crippen LogP contribution in [0.1, 0.15) is 24.3 Å². The van der Waals surface area contributed by atoms with Crippen LogP contribution in [0, 0.1) is 21.4 Å². The molecule has 0 spiro atoms. The number of nitro groups is 1. The van der Waals surface area contributed by atoms with Gasteiger partial charge in [0, 0.05) is 12.1 Å². The normalized spacial score (nSPS) is 11.6. The number of nitrogens with zero attached hydrogens (tertiary/aromatic N) is 2. The molecule has 0 bridgehead atoms. The van der Waals surface area contributed by atoms with Gasteiger partial charge in [-0.3, -0.25) is 10.1 Å². The van der Waals surface area contributed by atoms with Crippen LogP contribution in [0.2, 0.25) is 0 Å². The topological polar surface area (TPSA) is 92.1 Å². The number of benzene rings is 1. The highest BCUT2D eigenvalue weighted by atomic mass is 16.6. The Morgan fingerprint density at radius 2 is 2.26 bits per heavy atom. The van der Waals surface area contributed by atoms with Gasteiger partial charge in [-0.1, -0.05) is 0 Å². The standard InChI is InChI=1S/C13H11N3O3/c1-9(13-3-2-6-19-13)15-12-5-4-11(16(17)18)7-10(12)8-14/h2-7,9,15H,1H3. The lowest BCUT2D eigenvalue weighted by Crippen LogP contribution is -2.07. The van der Waals surface area contributed by atoms with Crippen molar-refractivity contribution in [3.05, 3.63) is 58.0 Å². The average molecular weight is 257 g/mol. The quantitative estimate of drug-likeness (QED) is 0.670. The van der Waals surface area contributed by atoms with Gasteiger partial charge in [0.05, 0.1) is 28.5 Å². The summed E-state index contributed by atoms with van der Waals surface area (Å²) in [5.74, 6) is 0.724. The number of hydrogen-bond donors (Lipinski definition) is 1. The summed E-state index contributed by atoms with van der Waals surface area (Å²) in [5, 5.41) is 22.8. The first kappa shape index (κ1) is 12.6. The van der Waals surface area contributed by atoms with Crippen LogP contribution in [0.4, 0.5) is 11.4 Å². The van der Waals surface area contributed by atoms with Crippen LogP contribution in [0.5, 0.6) is 0 Å². The molecule has 0 saturated carbocycles. The van der Waals surface area contributed by atoms with Crippen LogP contribution < -0.4 is 5.32 Å². The van der Waals surface area contributed by atoms with Crippen molar-refractivity contribution in [2.24, 2.45) is 0 Å². The van der Waals surface area contributed by atoms with Gasteiger partial charge < -0.3 is 9.73 Å². The van der Waals surface area contributed by atoms with Crippen LogP contribution >= 0.6 is 0 Å². The fraction of sp³-hybridized carbons (Fsp3) is 0.154. The Bertz CT molecular complexity index is 629. The zero-order valence-corrected chi connectivity index (χ0v) is 10.2. The predicted molar refractivity (Wildman–Crippen MR) is 68.6 cm³/mol. The summed E-state index contributed by atoms with van der Waals surface area (Å²) in [4.78, 5) is 10.1. The van der Waals surface area contributed by atoms with Crippen LogP contribution in [0.15, 0.2) is 41.0 Å². The number of rotatable bonds is 4. The van der Waals surface area contributed by atoms with Crippen molar-refractivity contribution in [2.45, 2.75) is 13.0 Å². The average Bonchev–Trinajstić information content (AvgIpc) is 2.92. The molecule has 0 aliphatic heterocycles. The summed E-state index contributed by atoms with van der Waals surface area (Å²) >= 11 is 0. The van der Waals surface area contributed by atoms with Gasteiger partial charge >= 0.3 is 0 Å². The summed E-state index contributed by atoms with van der Waals surface area (Å²) < 4.78 is 5.25. The Morgan fingerprint density at radius 1 is 1.47 bits per heavy atom. The van der Waals surface area contributed by atoms with Gasteiger partial charge in [-0.15, -0.1) is 0 Å². The Kier molecular flexibility index (Phi) is 3.48. The second kappa shape index (κ2) is 5.23.